The van der Waals surface area contributed by atoms with Crippen LogP contribution >= 0.6 is 22.9 Å². The molecule has 1 aliphatic rings. The van der Waals surface area contributed by atoms with E-state index in [-0.39, 0.29) is 24.4 Å². The number of piperazine rings is 1. The topological polar surface area (TPSA) is 138 Å². The number of aromatic nitrogens is 3. The molecule has 2 aromatic heterocycles. The fourth-order valence-corrected chi connectivity index (χ4v) is 4.90. The quantitative estimate of drug-likeness (QED) is 0.412. The minimum Gasteiger partial charge on any atom is -0.412 e. The number of benzene rings is 1. The van der Waals surface area contributed by atoms with Gasteiger partial charge in [0.2, 0.25) is 5.91 Å². The molecule has 1 amide bonds. The Morgan fingerprint density at radius 1 is 1.20 bits per heavy atom. The minimum atomic E-state index is -0.146. The molecule has 3 aromatic rings. The predicted octanol–water partition coefficient (Wildman–Crippen LogP) is 2.42. The number of carbonyl (C=O) groups excluding carboxylic acids is 1. The lowest BCUT2D eigenvalue weighted by Crippen LogP contribution is -2.47. The Labute approximate surface area is 213 Å². The molecule has 1 aromatic carbocycles. The van der Waals surface area contributed by atoms with Gasteiger partial charge in [0.25, 0.3) is 0 Å². The van der Waals surface area contributed by atoms with Gasteiger partial charge in [-0.2, -0.15) is 0 Å². The molecule has 0 spiro atoms. The van der Waals surface area contributed by atoms with E-state index in [1.165, 1.54) is 11.3 Å². The number of carbonyl (C=O) groups is 1. The van der Waals surface area contributed by atoms with Crippen LogP contribution in [0.15, 0.2) is 30.5 Å². The summed E-state index contributed by atoms with van der Waals surface area (Å²) in [6.07, 6.45) is 1.90. The molecule has 3 heterocycles. The van der Waals surface area contributed by atoms with Gasteiger partial charge in [-0.3, -0.25) is 9.69 Å². The standard InChI is InChI=1S/C23H28ClN7O2S.H2O/c1-15-4-3-5-18(24)22(15)29-21(33)12-17-14-25-23(34-17)28-19-13-20(27-16(2)26-19)31-8-6-30(7-9-31)10-11-32;/h3-5,13-14,32H,6-12H2,1-2H3,(H,29,33)(H,25,26,27,28);1H2. The Hall–Kier alpha value is -2.83. The summed E-state index contributed by atoms with van der Waals surface area (Å²) in [5.74, 6) is 2.05. The third-order valence-corrected chi connectivity index (χ3v) is 6.77. The molecule has 12 heteroatoms. The van der Waals surface area contributed by atoms with Gasteiger partial charge in [-0.25, -0.2) is 15.0 Å². The summed E-state index contributed by atoms with van der Waals surface area (Å²) in [4.78, 5) is 31.3. The second-order valence-corrected chi connectivity index (χ2v) is 9.65. The summed E-state index contributed by atoms with van der Waals surface area (Å²) in [5.41, 5.74) is 1.55. The third kappa shape index (κ3) is 7.09. The van der Waals surface area contributed by atoms with E-state index in [0.29, 0.717) is 34.0 Å². The van der Waals surface area contributed by atoms with Gasteiger partial charge in [-0.1, -0.05) is 23.7 Å². The first-order chi connectivity index (χ1) is 16.4. The summed E-state index contributed by atoms with van der Waals surface area (Å²) in [6, 6.07) is 7.43. The highest BCUT2D eigenvalue weighted by atomic mass is 35.5. The highest BCUT2D eigenvalue weighted by Crippen LogP contribution is 2.27. The molecule has 1 aliphatic heterocycles. The average Bonchev–Trinajstić information content (AvgIpc) is 3.23. The molecule has 10 nitrogen and oxygen atoms in total. The molecular weight excluding hydrogens is 490 g/mol. The summed E-state index contributed by atoms with van der Waals surface area (Å²) in [7, 11) is 0. The van der Waals surface area contributed by atoms with Crippen LogP contribution < -0.4 is 15.5 Å². The lowest BCUT2D eigenvalue weighted by Gasteiger charge is -2.35. The first-order valence-electron chi connectivity index (χ1n) is 11.1. The van der Waals surface area contributed by atoms with Crippen LogP contribution in [0.4, 0.5) is 22.5 Å². The zero-order valence-electron chi connectivity index (χ0n) is 19.7. The van der Waals surface area contributed by atoms with Crippen LogP contribution in [0.5, 0.6) is 0 Å². The van der Waals surface area contributed by atoms with Crippen molar-refractivity contribution in [3.63, 3.8) is 0 Å². The number of aryl methyl sites for hydroxylation is 2. The maximum absolute atomic E-state index is 12.5. The number of nitrogens with one attached hydrogen (secondary N) is 2. The molecule has 5 N–H and O–H groups in total. The van der Waals surface area contributed by atoms with Crippen molar-refractivity contribution in [1.29, 1.82) is 0 Å². The average molecular weight is 520 g/mol. The number of rotatable bonds is 8. The number of hydrogen-bond donors (Lipinski definition) is 3. The van der Waals surface area contributed by atoms with Gasteiger partial charge in [0.15, 0.2) is 5.13 Å². The van der Waals surface area contributed by atoms with Crippen LogP contribution in [0.25, 0.3) is 0 Å². The van der Waals surface area contributed by atoms with Gasteiger partial charge in [-0.05, 0) is 25.5 Å². The van der Waals surface area contributed by atoms with Crippen LogP contribution in [0.1, 0.15) is 16.3 Å². The Bertz CT molecular complexity index is 1130. The van der Waals surface area contributed by atoms with E-state index in [1.54, 1.807) is 12.3 Å². The first kappa shape index (κ1) is 26.8. The Kier molecular flexibility index (Phi) is 9.35. The van der Waals surface area contributed by atoms with Crippen molar-refractivity contribution in [1.82, 2.24) is 19.9 Å². The smallest absolute Gasteiger partial charge is 0.229 e. The lowest BCUT2D eigenvalue weighted by atomic mass is 10.2. The summed E-state index contributed by atoms with van der Waals surface area (Å²) in [5, 5.41) is 16.5. The number of anilines is 4. The van der Waals surface area contributed by atoms with Crippen molar-refractivity contribution in [2.75, 3.05) is 54.9 Å². The van der Waals surface area contributed by atoms with Crippen LogP contribution in [0, 0.1) is 13.8 Å². The molecule has 1 fully saturated rings. The van der Waals surface area contributed by atoms with Crippen LogP contribution in [0.3, 0.4) is 0 Å². The number of nitrogens with zero attached hydrogens (tertiary/aromatic N) is 5. The van der Waals surface area contributed by atoms with E-state index in [0.717, 1.165) is 42.4 Å². The maximum atomic E-state index is 12.5. The Balaban J connectivity index is 0.00000342. The molecule has 0 atom stereocenters. The number of thiazole rings is 1. The van der Waals surface area contributed by atoms with Crippen molar-refractivity contribution in [2.24, 2.45) is 0 Å². The van der Waals surface area contributed by atoms with Crippen LogP contribution in [-0.2, 0) is 11.2 Å². The van der Waals surface area contributed by atoms with E-state index >= 15 is 0 Å². The zero-order valence-corrected chi connectivity index (χ0v) is 21.3. The second kappa shape index (κ2) is 12.2. The Morgan fingerprint density at radius 3 is 2.69 bits per heavy atom. The first-order valence-corrected chi connectivity index (χ1v) is 12.3. The fourth-order valence-electron chi connectivity index (χ4n) is 3.81. The van der Waals surface area contributed by atoms with Crippen LogP contribution in [-0.4, -0.2) is 75.7 Å². The van der Waals surface area contributed by atoms with Crippen molar-refractivity contribution < 1.29 is 15.4 Å². The normalized spacial score (nSPS) is 13.9. The summed E-state index contributed by atoms with van der Waals surface area (Å²) < 4.78 is 0. The van der Waals surface area contributed by atoms with E-state index in [1.807, 2.05) is 32.0 Å². The number of β-amino-alcohol motifs (C(OH)–C–C–N with tert-alkyl or cyclic N) is 1. The second-order valence-electron chi connectivity index (χ2n) is 8.12. The third-order valence-electron chi connectivity index (χ3n) is 5.55. The highest BCUT2D eigenvalue weighted by molar-refractivity contribution is 7.15. The van der Waals surface area contributed by atoms with Gasteiger partial charge in [0.1, 0.15) is 17.5 Å². The fraction of sp³-hybridized carbons (Fsp3) is 0.391. The van der Waals surface area contributed by atoms with Crippen molar-refractivity contribution >= 4 is 51.3 Å². The van der Waals surface area contributed by atoms with Gasteiger partial charge in [-0.15, -0.1) is 11.3 Å². The van der Waals surface area contributed by atoms with Crippen molar-refractivity contribution in [2.45, 2.75) is 20.3 Å². The number of amides is 1. The predicted molar refractivity (Wildman–Crippen MR) is 140 cm³/mol. The number of aliphatic hydroxyl groups is 1. The molecule has 4 rings (SSSR count). The monoisotopic (exact) mass is 519 g/mol. The summed E-state index contributed by atoms with van der Waals surface area (Å²) in [6.45, 7) is 8.11. The van der Waals surface area contributed by atoms with E-state index in [9.17, 15) is 4.79 Å². The molecular formula is C23H30ClN7O3S. The van der Waals surface area contributed by atoms with Gasteiger partial charge >= 0.3 is 0 Å². The molecule has 0 unspecified atom stereocenters. The van der Waals surface area contributed by atoms with E-state index < -0.39 is 0 Å². The SMILES string of the molecule is Cc1nc(Nc2ncc(CC(=O)Nc3c(C)cccc3Cl)s2)cc(N2CCN(CCO)CC2)n1.O. The number of halogens is 1. The number of hydrogen-bond acceptors (Lipinski definition) is 9. The maximum Gasteiger partial charge on any atom is 0.229 e. The molecule has 1 saturated heterocycles. The van der Waals surface area contributed by atoms with Gasteiger partial charge in [0.05, 0.1) is 23.7 Å². The minimum absolute atomic E-state index is 0. The van der Waals surface area contributed by atoms with Crippen molar-refractivity contribution in [3.8, 4) is 0 Å². The van der Waals surface area contributed by atoms with Crippen molar-refractivity contribution in [3.05, 3.63) is 51.7 Å². The molecule has 188 valence electrons. The molecule has 0 bridgehead atoms. The molecule has 0 saturated carbocycles. The largest absolute Gasteiger partial charge is 0.412 e. The van der Waals surface area contributed by atoms with Gasteiger partial charge in [0, 0.05) is 49.9 Å². The summed E-state index contributed by atoms with van der Waals surface area (Å²) >= 11 is 7.62. The Morgan fingerprint density at radius 2 is 1.97 bits per heavy atom. The zero-order chi connectivity index (χ0) is 24.1. The highest BCUT2D eigenvalue weighted by Gasteiger charge is 2.19. The molecule has 0 radical (unpaired) electrons. The molecule has 35 heavy (non-hydrogen) atoms. The van der Waals surface area contributed by atoms with Gasteiger partial charge < -0.3 is 26.1 Å². The number of para-hydroxylation sites is 1. The molecule has 0 aliphatic carbocycles. The van der Waals surface area contributed by atoms with E-state index in [4.69, 9.17) is 16.7 Å². The van der Waals surface area contributed by atoms with Crippen LogP contribution in [0.2, 0.25) is 5.02 Å². The van der Waals surface area contributed by atoms with E-state index in [2.05, 4.69) is 35.4 Å². The lowest BCUT2D eigenvalue weighted by molar-refractivity contribution is -0.115. The number of aliphatic hydroxyl groups excluding tert-OH is 1.